The van der Waals surface area contributed by atoms with Gasteiger partial charge in [-0.25, -0.2) is 0 Å². The molecule has 0 aliphatic heterocycles. The fraction of sp³-hybridized carbons (Fsp3) is 0.179. The highest BCUT2D eigenvalue weighted by Gasteiger charge is 2.39. The minimum atomic E-state index is -1.22. The van der Waals surface area contributed by atoms with Crippen LogP contribution in [0.4, 0.5) is 5.69 Å². The van der Waals surface area contributed by atoms with E-state index in [0.29, 0.717) is 28.7 Å². The summed E-state index contributed by atoms with van der Waals surface area (Å²) in [7, 11) is 3.19. The maximum Gasteiger partial charge on any atom is 0.249 e. The van der Waals surface area contributed by atoms with Crippen molar-refractivity contribution in [2.45, 2.75) is 5.60 Å². The number of ether oxygens (including phenoxy) is 4. The molecule has 5 rings (SSSR count). The number of benzene rings is 5. The molecule has 0 radical (unpaired) electrons. The molecular formula is C39H38N2O7. The maximum absolute atomic E-state index is 13.7. The summed E-state index contributed by atoms with van der Waals surface area (Å²) in [5, 5.41) is 12.6. The Labute approximate surface area is 280 Å². The Hall–Kier alpha value is -5.64. The average molecular weight is 647 g/mol. The third-order valence-corrected chi connectivity index (χ3v) is 7.76. The van der Waals surface area contributed by atoms with Crippen molar-refractivity contribution in [2.75, 3.05) is 45.8 Å². The van der Waals surface area contributed by atoms with Gasteiger partial charge in [-0.15, -0.1) is 0 Å². The van der Waals surface area contributed by atoms with Crippen LogP contribution in [0, 0.1) is 0 Å². The summed E-state index contributed by atoms with van der Waals surface area (Å²) >= 11 is 0. The van der Waals surface area contributed by atoms with Gasteiger partial charge in [0.25, 0.3) is 0 Å². The lowest BCUT2D eigenvalue weighted by Gasteiger charge is -2.36. The molecule has 0 spiro atoms. The van der Waals surface area contributed by atoms with Gasteiger partial charge in [-0.3, -0.25) is 9.59 Å². The van der Waals surface area contributed by atoms with E-state index in [-0.39, 0.29) is 26.3 Å². The molecule has 48 heavy (non-hydrogen) atoms. The lowest BCUT2D eigenvalue weighted by Crippen LogP contribution is -2.44. The molecule has 5 aromatic rings. The van der Waals surface area contributed by atoms with E-state index in [2.05, 4.69) is 5.32 Å². The van der Waals surface area contributed by atoms with Crippen LogP contribution in [0.1, 0.15) is 16.7 Å². The molecular weight excluding hydrogens is 608 g/mol. The largest absolute Gasteiger partial charge is 0.497 e. The van der Waals surface area contributed by atoms with Crippen LogP contribution in [0.2, 0.25) is 0 Å². The first-order valence-electron chi connectivity index (χ1n) is 15.4. The minimum Gasteiger partial charge on any atom is -0.497 e. The van der Waals surface area contributed by atoms with Crippen LogP contribution in [-0.4, -0.2) is 62.3 Å². The zero-order chi connectivity index (χ0) is 33.8. The van der Waals surface area contributed by atoms with Crippen molar-refractivity contribution in [3.05, 3.63) is 150 Å². The lowest BCUT2D eigenvalue weighted by atomic mass is 9.80. The van der Waals surface area contributed by atoms with Crippen molar-refractivity contribution in [3.8, 4) is 23.0 Å². The Morgan fingerprint density at radius 2 is 1.12 bits per heavy atom. The third-order valence-electron chi connectivity index (χ3n) is 7.76. The van der Waals surface area contributed by atoms with E-state index in [1.165, 1.54) is 4.90 Å². The number of anilines is 1. The van der Waals surface area contributed by atoms with Crippen molar-refractivity contribution in [1.82, 2.24) is 4.90 Å². The number of rotatable bonds is 15. The van der Waals surface area contributed by atoms with Gasteiger partial charge in [0.2, 0.25) is 11.8 Å². The molecule has 0 saturated carbocycles. The summed E-state index contributed by atoms with van der Waals surface area (Å²) in [5.41, 5.74) is 1.64. The van der Waals surface area contributed by atoms with Gasteiger partial charge in [0, 0.05) is 12.2 Å². The van der Waals surface area contributed by atoms with E-state index >= 15 is 0 Å². The summed E-state index contributed by atoms with van der Waals surface area (Å²) in [6, 6.07) is 40.8. The quantitative estimate of drug-likeness (QED) is 0.129. The van der Waals surface area contributed by atoms with Crippen LogP contribution in [0.15, 0.2) is 133 Å². The van der Waals surface area contributed by atoms with Gasteiger partial charge in [0.1, 0.15) is 41.8 Å². The van der Waals surface area contributed by atoms with Gasteiger partial charge >= 0.3 is 0 Å². The van der Waals surface area contributed by atoms with E-state index in [1.54, 1.807) is 38.5 Å². The molecule has 0 heterocycles. The molecule has 9 nitrogen and oxygen atoms in total. The molecule has 2 amide bonds. The number of hydrogen-bond donors (Lipinski definition) is 2. The zero-order valence-corrected chi connectivity index (χ0v) is 26.9. The van der Waals surface area contributed by atoms with Crippen molar-refractivity contribution in [1.29, 1.82) is 0 Å². The monoisotopic (exact) mass is 646 g/mol. The first-order valence-corrected chi connectivity index (χ1v) is 15.4. The van der Waals surface area contributed by atoms with Crippen molar-refractivity contribution >= 4 is 17.5 Å². The van der Waals surface area contributed by atoms with Crippen molar-refractivity contribution in [2.24, 2.45) is 0 Å². The number of aliphatic hydroxyl groups excluding tert-OH is 1. The van der Waals surface area contributed by atoms with Gasteiger partial charge in [-0.1, -0.05) is 72.8 Å². The number of para-hydroxylation sites is 1. The molecule has 0 atom stereocenters. The average Bonchev–Trinajstić information content (AvgIpc) is 3.14. The van der Waals surface area contributed by atoms with Crippen molar-refractivity contribution < 1.29 is 33.6 Å². The van der Waals surface area contributed by atoms with E-state index in [4.69, 9.17) is 18.9 Å². The lowest BCUT2D eigenvalue weighted by molar-refractivity contribution is -0.142. The van der Waals surface area contributed by atoms with E-state index in [0.717, 1.165) is 16.7 Å². The summed E-state index contributed by atoms with van der Waals surface area (Å²) in [5.74, 6) is 1.77. The highest BCUT2D eigenvalue weighted by molar-refractivity contribution is 5.94. The number of hydrogen-bond acceptors (Lipinski definition) is 7. The third kappa shape index (κ3) is 8.19. The Morgan fingerprint density at radius 3 is 1.65 bits per heavy atom. The first-order chi connectivity index (χ1) is 23.4. The maximum atomic E-state index is 13.7. The van der Waals surface area contributed by atoms with Gasteiger partial charge < -0.3 is 34.3 Å². The Kier molecular flexibility index (Phi) is 11.4. The second-order valence-corrected chi connectivity index (χ2v) is 10.8. The number of nitrogens with zero attached hydrogens (tertiary/aromatic N) is 1. The summed E-state index contributed by atoms with van der Waals surface area (Å²) in [6.45, 7) is -1.05. The number of aliphatic hydroxyl groups is 1. The molecule has 2 N–H and O–H groups in total. The molecule has 246 valence electrons. The summed E-state index contributed by atoms with van der Waals surface area (Å²) in [4.78, 5) is 28.1. The van der Waals surface area contributed by atoms with Crippen LogP contribution >= 0.6 is 0 Å². The van der Waals surface area contributed by atoms with E-state index < -0.39 is 17.4 Å². The molecule has 9 heteroatoms. The van der Waals surface area contributed by atoms with Gasteiger partial charge in [0.15, 0.2) is 0 Å². The number of nitrogens with one attached hydrogen (secondary N) is 1. The number of methoxy groups -OCH3 is 2. The fourth-order valence-corrected chi connectivity index (χ4v) is 5.35. The second kappa shape index (κ2) is 16.3. The number of amides is 2. The summed E-state index contributed by atoms with van der Waals surface area (Å²) in [6.07, 6.45) is 0. The minimum absolute atomic E-state index is 0.0527. The van der Waals surface area contributed by atoms with Gasteiger partial charge in [0.05, 0.1) is 20.8 Å². The topological polar surface area (TPSA) is 107 Å². The van der Waals surface area contributed by atoms with Crippen LogP contribution < -0.4 is 19.5 Å². The van der Waals surface area contributed by atoms with Gasteiger partial charge in [-0.2, -0.15) is 0 Å². The van der Waals surface area contributed by atoms with Crippen molar-refractivity contribution in [3.63, 3.8) is 0 Å². The molecule has 5 aromatic carbocycles. The highest BCUT2D eigenvalue weighted by atomic mass is 16.5. The van der Waals surface area contributed by atoms with Crippen LogP contribution in [0.5, 0.6) is 23.0 Å². The Morgan fingerprint density at radius 1 is 0.646 bits per heavy atom. The predicted molar refractivity (Wildman–Crippen MR) is 184 cm³/mol. The van der Waals surface area contributed by atoms with E-state index in [9.17, 15) is 14.7 Å². The molecule has 0 saturated heterocycles. The normalized spacial score (nSPS) is 11.0. The number of carbonyl (C=O) groups excluding carboxylic acids is 2. The van der Waals surface area contributed by atoms with Gasteiger partial charge in [-0.05, 0) is 77.4 Å². The molecule has 0 aromatic heterocycles. The van der Waals surface area contributed by atoms with Crippen LogP contribution in [0.3, 0.4) is 0 Å². The second-order valence-electron chi connectivity index (χ2n) is 10.8. The highest BCUT2D eigenvalue weighted by Crippen LogP contribution is 2.41. The Balaban J connectivity index is 1.35. The molecule has 0 fully saturated rings. The summed E-state index contributed by atoms with van der Waals surface area (Å²) < 4.78 is 23.3. The SMILES string of the molecule is COc1ccc(C(OCC(=O)N(CCO)CC(=O)Nc2ccc(Oc3ccccc3)cc2)(c2ccccc2)c2ccc(OC)cc2)cc1. The molecule has 0 aliphatic carbocycles. The van der Waals surface area contributed by atoms with Crippen LogP contribution in [0.25, 0.3) is 0 Å². The molecule has 0 aliphatic rings. The van der Waals surface area contributed by atoms with Crippen LogP contribution in [-0.2, 0) is 19.9 Å². The molecule has 0 bridgehead atoms. The predicted octanol–water partition coefficient (Wildman–Crippen LogP) is 6.26. The standard InChI is InChI=1S/C39H38N2O7/c1-45-33-19-13-30(14-20-33)39(29-9-5-3-6-10-29,31-15-21-34(46-2)22-16-31)47-28-38(44)41(25-26-42)27-37(43)40-32-17-23-36(24-18-32)48-35-11-7-4-8-12-35/h3-24,42H,25-28H2,1-2H3,(H,40,43). The zero-order valence-electron chi connectivity index (χ0n) is 26.9. The Bertz CT molecular complexity index is 1700. The molecule has 0 unspecified atom stereocenters. The van der Waals surface area contributed by atoms with E-state index in [1.807, 2.05) is 109 Å². The fourth-order valence-electron chi connectivity index (χ4n) is 5.35. The number of carbonyl (C=O) groups is 2. The smallest absolute Gasteiger partial charge is 0.249 e. The first kappa shape index (κ1) is 33.7.